The van der Waals surface area contributed by atoms with Gasteiger partial charge in [0.15, 0.2) is 0 Å². The Bertz CT molecular complexity index is 276. The molecule has 0 saturated heterocycles. The van der Waals surface area contributed by atoms with Gasteiger partial charge in [-0.15, -0.1) is 11.3 Å². The number of halogens is 1. The van der Waals surface area contributed by atoms with Gasteiger partial charge in [0.05, 0.1) is 4.34 Å². The molecule has 0 aliphatic rings. The summed E-state index contributed by atoms with van der Waals surface area (Å²) in [6, 6.07) is 1.43. The smallest absolute Gasteiger partial charge is 0.329 e. The summed E-state index contributed by atoms with van der Waals surface area (Å²) in [5.74, 6) is 4.86. The highest BCUT2D eigenvalue weighted by Crippen LogP contribution is 2.22. The Hall–Kier alpha value is -0.780. The zero-order valence-electron chi connectivity index (χ0n) is 6.13. The summed E-state index contributed by atoms with van der Waals surface area (Å²) in [6.45, 7) is 0.394. The zero-order valence-corrected chi connectivity index (χ0v) is 7.71. The molecule has 0 bridgehead atoms. The maximum absolute atomic E-state index is 10.6. The van der Waals surface area contributed by atoms with E-state index in [-0.39, 0.29) is 0 Å². The van der Waals surface area contributed by atoms with Crippen molar-refractivity contribution in [1.82, 2.24) is 10.7 Å². The van der Waals surface area contributed by atoms with Crippen LogP contribution in [-0.2, 0) is 6.54 Å². The number of rotatable bonds is 2. The molecule has 0 atom stereocenters. The first-order chi connectivity index (χ1) is 5.74. The van der Waals surface area contributed by atoms with Gasteiger partial charge in [0.25, 0.3) is 0 Å². The number of amides is 2. The molecule has 6 heteroatoms. The van der Waals surface area contributed by atoms with Crippen LogP contribution in [0.25, 0.3) is 0 Å². The van der Waals surface area contributed by atoms with Gasteiger partial charge in [0, 0.05) is 12.1 Å². The number of carbonyl (C=O) groups excluding carboxylic acids is 1. The van der Waals surface area contributed by atoms with Crippen molar-refractivity contribution in [1.29, 1.82) is 0 Å². The van der Waals surface area contributed by atoms with Gasteiger partial charge in [-0.2, -0.15) is 0 Å². The van der Waals surface area contributed by atoms with Crippen molar-refractivity contribution in [2.24, 2.45) is 5.84 Å². The van der Waals surface area contributed by atoms with E-state index in [9.17, 15) is 4.79 Å². The minimum atomic E-state index is -0.419. The van der Waals surface area contributed by atoms with E-state index in [0.717, 1.165) is 5.56 Å². The van der Waals surface area contributed by atoms with Crippen LogP contribution < -0.4 is 16.6 Å². The van der Waals surface area contributed by atoms with Crippen molar-refractivity contribution >= 4 is 29.0 Å². The summed E-state index contributed by atoms with van der Waals surface area (Å²) in [6.07, 6.45) is 0. The lowest BCUT2D eigenvalue weighted by Crippen LogP contribution is -2.39. The lowest BCUT2D eigenvalue weighted by molar-refractivity contribution is 0.241. The standard InChI is InChI=1S/C6H8ClN3OS/c7-5-4(1-2-12-5)3-9-6(11)10-8/h1-2H,3,8H2,(H2,9,10,11). The molecule has 4 nitrogen and oxygen atoms in total. The maximum Gasteiger partial charge on any atom is 0.329 e. The SMILES string of the molecule is NNC(=O)NCc1ccsc1Cl. The van der Waals surface area contributed by atoms with Crippen LogP contribution >= 0.6 is 22.9 Å². The second-order valence-corrected chi connectivity index (χ2v) is 3.56. The number of hydrazine groups is 1. The highest BCUT2D eigenvalue weighted by atomic mass is 35.5. The van der Waals surface area contributed by atoms with Gasteiger partial charge in [-0.3, -0.25) is 5.43 Å². The van der Waals surface area contributed by atoms with E-state index in [1.165, 1.54) is 11.3 Å². The van der Waals surface area contributed by atoms with E-state index < -0.39 is 6.03 Å². The minimum absolute atomic E-state index is 0.394. The minimum Gasteiger partial charge on any atom is -0.333 e. The molecule has 1 aromatic rings. The third-order valence-electron chi connectivity index (χ3n) is 1.26. The van der Waals surface area contributed by atoms with Crippen LogP contribution in [0.5, 0.6) is 0 Å². The second-order valence-electron chi connectivity index (χ2n) is 2.05. The summed E-state index contributed by atoms with van der Waals surface area (Å²) in [5, 5.41) is 4.38. The molecule has 12 heavy (non-hydrogen) atoms. The molecule has 2 amide bonds. The highest BCUT2D eigenvalue weighted by molar-refractivity contribution is 7.14. The van der Waals surface area contributed by atoms with Crippen molar-refractivity contribution in [3.63, 3.8) is 0 Å². The highest BCUT2D eigenvalue weighted by Gasteiger charge is 2.02. The first-order valence-corrected chi connectivity index (χ1v) is 4.46. The summed E-state index contributed by atoms with van der Waals surface area (Å²) in [5.41, 5.74) is 2.85. The number of hydrogen-bond acceptors (Lipinski definition) is 3. The number of nitrogens with two attached hydrogens (primary N) is 1. The van der Waals surface area contributed by atoms with Crippen LogP contribution in [-0.4, -0.2) is 6.03 Å². The van der Waals surface area contributed by atoms with Crippen LogP contribution in [0, 0.1) is 0 Å². The summed E-state index contributed by atoms with van der Waals surface area (Å²) in [7, 11) is 0. The lowest BCUT2D eigenvalue weighted by atomic mass is 10.3. The van der Waals surface area contributed by atoms with Gasteiger partial charge < -0.3 is 5.32 Å². The number of hydrogen-bond donors (Lipinski definition) is 3. The van der Waals surface area contributed by atoms with Crippen LogP contribution in [0.4, 0.5) is 4.79 Å². The molecule has 66 valence electrons. The number of thiophene rings is 1. The molecule has 1 aromatic heterocycles. The first kappa shape index (κ1) is 9.31. The summed E-state index contributed by atoms with van der Waals surface area (Å²) >= 11 is 7.21. The fraction of sp³-hybridized carbons (Fsp3) is 0.167. The molecular formula is C6H8ClN3OS. The van der Waals surface area contributed by atoms with Crippen molar-refractivity contribution in [3.8, 4) is 0 Å². The van der Waals surface area contributed by atoms with Crippen molar-refractivity contribution < 1.29 is 4.79 Å². The van der Waals surface area contributed by atoms with Gasteiger partial charge in [0.1, 0.15) is 0 Å². The molecule has 0 radical (unpaired) electrons. The Labute approximate surface area is 78.7 Å². The molecule has 0 spiro atoms. The largest absolute Gasteiger partial charge is 0.333 e. The van der Waals surface area contributed by atoms with Gasteiger partial charge in [-0.25, -0.2) is 10.6 Å². The Morgan fingerprint density at radius 1 is 1.75 bits per heavy atom. The normalized spacial score (nSPS) is 9.50. The van der Waals surface area contributed by atoms with E-state index in [4.69, 9.17) is 17.4 Å². The lowest BCUT2D eigenvalue weighted by Gasteiger charge is -2.01. The van der Waals surface area contributed by atoms with Gasteiger partial charge >= 0.3 is 6.03 Å². The van der Waals surface area contributed by atoms with Crippen molar-refractivity contribution in [3.05, 3.63) is 21.3 Å². The fourth-order valence-electron chi connectivity index (χ4n) is 0.672. The average Bonchev–Trinajstić information content (AvgIpc) is 2.47. The number of carbonyl (C=O) groups is 1. The molecule has 0 saturated carbocycles. The topological polar surface area (TPSA) is 67.1 Å². The van der Waals surface area contributed by atoms with Gasteiger partial charge in [0.2, 0.25) is 0 Å². The molecule has 1 heterocycles. The Morgan fingerprint density at radius 2 is 2.50 bits per heavy atom. The molecule has 0 aliphatic heterocycles. The summed E-state index contributed by atoms with van der Waals surface area (Å²) in [4.78, 5) is 10.6. The molecule has 0 aromatic carbocycles. The van der Waals surface area contributed by atoms with Gasteiger partial charge in [-0.1, -0.05) is 11.6 Å². The Balaban J connectivity index is 2.43. The number of nitrogens with one attached hydrogen (secondary N) is 2. The molecule has 0 aliphatic carbocycles. The van der Waals surface area contributed by atoms with Crippen LogP contribution in [0.1, 0.15) is 5.56 Å². The fourth-order valence-corrected chi connectivity index (χ4v) is 1.60. The maximum atomic E-state index is 10.6. The van der Waals surface area contributed by atoms with Crippen LogP contribution in [0.15, 0.2) is 11.4 Å². The van der Waals surface area contributed by atoms with E-state index >= 15 is 0 Å². The molecular weight excluding hydrogens is 198 g/mol. The van der Waals surface area contributed by atoms with Crippen molar-refractivity contribution in [2.45, 2.75) is 6.54 Å². The predicted molar refractivity (Wildman–Crippen MR) is 48.9 cm³/mol. The summed E-state index contributed by atoms with van der Waals surface area (Å²) < 4.78 is 0.687. The van der Waals surface area contributed by atoms with Gasteiger partial charge in [-0.05, 0) is 11.4 Å². The van der Waals surface area contributed by atoms with E-state index in [2.05, 4.69) is 5.32 Å². The van der Waals surface area contributed by atoms with Crippen LogP contribution in [0.3, 0.4) is 0 Å². The quantitative estimate of drug-likeness (QED) is 0.384. The molecule has 4 N–H and O–H groups in total. The van der Waals surface area contributed by atoms with Crippen LogP contribution in [0.2, 0.25) is 4.34 Å². The molecule has 0 unspecified atom stereocenters. The Kier molecular flexibility index (Phi) is 3.33. The van der Waals surface area contributed by atoms with Crippen molar-refractivity contribution in [2.75, 3.05) is 0 Å². The second kappa shape index (κ2) is 4.30. The monoisotopic (exact) mass is 205 g/mol. The average molecular weight is 206 g/mol. The number of urea groups is 1. The zero-order chi connectivity index (χ0) is 8.97. The molecule has 0 fully saturated rings. The predicted octanol–water partition coefficient (Wildman–Crippen LogP) is 1.07. The first-order valence-electron chi connectivity index (χ1n) is 3.20. The van der Waals surface area contributed by atoms with E-state index in [0.29, 0.717) is 10.9 Å². The Morgan fingerprint density at radius 3 is 3.00 bits per heavy atom. The third-order valence-corrected chi connectivity index (χ3v) is 2.51. The van der Waals surface area contributed by atoms with E-state index in [1.807, 2.05) is 16.9 Å². The van der Waals surface area contributed by atoms with E-state index in [1.54, 1.807) is 0 Å². The molecule has 1 rings (SSSR count). The third kappa shape index (κ3) is 2.37.